The summed E-state index contributed by atoms with van der Waals surface area (Å²) >= 11 is 0. The minimum Gasteiger partial charge on any atom is -0.491 e. The van der Waals surface area contributed by atoms with Crippen LogP contribution >= 0.6 is 0 Å². The molecule has 0 saturated heterocycles. The van der Waals surface area contributed by atoms with Crippen LogP contribution in [0.4, 0.5) is 5.69 Å². The van der Waals surface area contributed by atoms with E-state index in [4.69, 9.17) is 9.47 Å². The predicted octanol–water partition coefficient (Wildman–Crippen LogP) is 3.82. The number of hydrogen-bond acceptors (Lipinski definition) is 4. The van der Waals surface area contributed by atoms with Gasteiger partial charge >= 0.3 is 0 Å². The minimum absolute atomic E-state index is 0.00191. The lowest BCUT2D eigenvalue weighted by Crippen LogP contribution is -2.44. The number of carbonyl (C=O) groups is 1. The summed E-state index contributed by atoms with van der Waals surface area (Å²) in [5.41, 5.74) is 0.820. The second-order valence-electron chi connectivity index (χ2n) is 6.34. The van der Waals surface area contributed by atoms with Crippen molar-refractivity contribution in [1.82, 2.24) is 4.90 Å². The Morgan fingerprint density at radius 3 is 2.30 bits per heavy atom. The van der Waals surface area contributed by atoms with Gasteiger partial charge in [-0.25, -0.2) is 0 Å². The summed E-state index contributed by atoms with van der Waals surface area (Å²) in [6.45, 7) is 7.23. The Morgan fingerprint density at radius 1 is 0.963 bits per heavy atom. The van der Waals surface area contributed by atoms with Gasteiger partial charge in [0.05, 0.1) is 19.3 Å². The van der Waals surface area contributed by atoms with E-state index in [2.05, 4.69) is 17.1 Å². The van der Waals surface area contributed by atoms with Crippen molar-refractivity contribution in [3.8, 4) is 5.75 Å². The minimum atomic E-state index is -0.214. The molecule has 0 heterocycles. The lowest BCUT2D eigenvalue weighted by molar-refractivity contribution is -0.121. The van der Waals surface area contributed by atoms with Crippen LogP contribution in [0.5, 0.6) is 5.75 Å². The van der Waals surface area contributed by atoms with E-state index in [0.717, 1.165) is 24.4 Å². The molecule has 0 aliphatic carbocycles. The van der Waals surface area contributed by atoms with Crippen LogP contribution in [0, 0.1) is 0 Å². The third-order valence-corrected chi connectivity index (χ3v) is 4.24. The summed E-state index contributed by atoms with van der Waals surface area (Å²) in [4.78, 5) is 14.7. The molecule has 5 nitrogen and oxygen atoms in total. The van der Waals surface area contributed by atoms with Crippen LogP contribution in [0.3, 0.4) is 0 Å². The highest BCUT2D eigenvalue weighted by atomic mass is 16.5. The van der Waals surface area contributed by atoms with E-state index in [1.807, 2.05) is 67.6 Å². The van der Waals surface area contributed by atoms with Gasteiger partial charge in [0.1, 0.15) is 12.4 Å². The molecular weight excluding hydrogens is 340 g/mol. The van der Waals surface area contributed by atoms with Gasteiger partial charge in [-0.3, -0.25) is 9.69 Å². The number of nitrogens with one attached hydrogen (secondary N) is 1. The molecule has 0 radical (unpaired) electrons. The van der Waals surface area contributed by atoms with Crippen molar-refractivity contribution in [3.63, 3.8) is 0 Å². The fourth-order valence-corrected chi connectivity index (χ4v) is 2.74. The lowest BCUT2D eigenvalue weighted by Gasteiger charge is -2.27. The monoisotopic (exact) mass is 370 g/mol. The number of anilines is 1. The average Bonchev–Trinajstić information content (AvgIpc) is 2.70. The zero-order valence-electron chi connectivity index (χ0n) is 16.3. The normalized spacial score (nSPS) is 12.0. The number of hydrogen-bond donors (Lipinski definition) is 1. The number of carbonyl (C=O) groups excluding carboxylic acids is 1. The molecule has 27 heavy (non-hydrogen) atoms. The smallest absolute Gasteiger partial charge is 0.241 e. The van der Waals surface area contributed by atoms with E-state index >= 15 is 0 Å². The predicted molar refractivity (Wildman–Crippen MR) is 109 cm³/mol. The molecule has 0 spiro atoms. The molecule has 0 saturated carbocycles. The first-order valence-electron chi connectivity index (χ1n) is 9.56. The Kier molecular flexibility index (Phi) is 9.38. The molecule has 0 fully saturated rings. The molecule has 0 aliphatic heterocycles. The largest absolute Gasteiger partial charge is 0.491 e. The third-order valence-electron chi connectivity index (χ3n) is 4.24. The molecule has 0 aliphatic rings. The van der Waals surface area contributed by atoms with E-state index in [1.54, 1.807) is 0 Å². The second-order valence-corrected chi connectivity index (χ2v) is 6.34. The topological polar surface area (TPSA) is 50.8 Å². The standard InChI is InChI=1S/C22H30N2O3/c1-3-14-24(19(2)22(25)23-20-10-6-4-7-11-20)15-16-26-17-18-27-21-12-8-5-9-13-21/h4-13,19H,3,14-18H2,1-2H3,(H,23,25). The van der Waals surface area contributed by atoms with Gasteiger partial charge in [-0.1, -0.05) is 43.3 Å². The number of nitrogens with zero attached hydrogens (tertiary/aromatic N) is 1. The summed E-state index contributed by atoms with van der Waals surface area (Å²) in [7, 11) is 0. The highest BCUT2D eigenvalue weighted by Crippen LogP contribution is 2.09. The summed E-state index contributed by atoms with van der Waals surface area (Å²) in [6, 6.07) is 19.0. The van der Waals surface area contributed by atoms with E-state index < -0.39 is 0 Å². The van der Waals surface area contributed by atoms with Gasteiger partial charge in [-0.15, -0.1) is 0 Å². The van der Waals surface area contributed by atoms with Gasteiger partial charge in [0, 0.05) is 12.2 Å². The number of ether oxygens (including phenoxy) is 2. The molecule has 1 amide bonds. The molecule has 2 rings (SSSR count). The highest BCUT2D eigenvalue weighted by molar-refractivity contribution is 5.94. The Labute approximate surface area is 162 Å². The van der Waals surface area contributed by atoms with E-state index in [-0.39, 0.29) is 11.9 Å². The summed E-state index contributed by atoms with van der Waals surface area (Å²) < 4.78 is 11.3. The van der Waals surface area contributed by atoms with Crippen molar-refractivity contribution in [2.24, 2.45) is 0 Å². The Hall–Kier alpha value is -2.37. The summed E-state index contributed by atoms with van der Waals surface area (Å²) in [5.74, 6) is 0.849. The van der Waals surface area contributed by atoms with Crippen LogP contribution in [0.25, 0.3) is 0 Å². The zero-order valence-corrected chi connectivity index (χ0v) is 16.3. The van der Waals surface area contributed by atoms with Crippen molar-refractivity contribution in [2.75, 3.05) is 38.2 Å². The highest BCUT2D eigenvalue weighted by Gasteiger charge is 2.20. The molecule has 1 unspecified atom stereocenters. The van der Waals surface area contributed by atoms with Crippen LogP contribution in [0.2, 0.25) is 0 Å². The number of benzene rings is 2. The van der Waals surface area contributed by atoms with Crippen LogP contribution in [-0.2, 0) is 9.53 Å². The van der Waals surface area contributed by atoms with E-state index in [0.29, 0.717) is 26.4 Å². The quantitative estimate of drug-likeness (QED) is 0.577. The van der Waals surface area contributed by atoms with Crippen molar-refractivity contribution in [1.29, 1.82) is 0 Å². The first kappa shape index (κ1) is 20.9. The van der Waals surface area contributed by atoms with E-state index in [1.165, 1.54) is 0 Å². The van der Waals surface area contributed by atoms with Gasteiger partial charge in [-0.05, 0) is 44.2 Å². The third kappa shape index (κ3) is 7.81. The van der Waals surface area contributed by atoms with Gasteiger partial charge < -0.3 is 14.8 Å². The summed E-state index contributed by atoms with van der Waals surface area (Å²) in [5, 5.41) is 2.97. The van der Waals surface area contributed by atoms with Crippen molar-refractivity contribution in [3.05, 3.63) is 60.7 Å². The molecule has 1 atom stereocenters. The maximum absolute atomic E-state index is 12.5. The number of amides is 1. The maximum atomic E-state index is 12.5. The fourth-order valence-electron chi connectivity index (χ4n) is 2.74. The molecule has 2 aromatic rings. The summed E-state index contributed by atoms with van der Waals surface area (Å²) in [6.07, 6.45) is 0.986. The molecular formula is C22H30N2O3. The Bertz CT molecular complexity index is 649. The van der Waals surface area contributed by atoms with Crippen molar-refractivity contribution in [2.45, 2.75) is 26.3 Å². The van der Waals surface area contributed by atoms with Gasteiger partial charge in [0.25, 0.3) is 0 Å². The second kappa shape index (κ2) is 12.1. The van der Waals surface area contributed by atoms with Crippen LogP contribution < -0.4 is 10.1 Å². The van der Waals surface area contributed by atoms with Crippen LogP contribution in [0.1, 0.15) is 20.3 Å². The van der Waals surface area contributed by atoms with Crippen LogP contribution in [0.15, 0.2) is 60.7 Å². The fraction of sp³-hybridized carbons (Fsp3) is 0.409. The van der Waals surface area contributed by atoms with Crippen LogP contribution in [-0.4, -0.2) is 49.8 Å². The first-order valence-corrected chi connectivity index (χ1v) is 9.56. The maximum Gasteiger partial charge on any atom is 0.241 e. The molecule has 0 aromatic heterocycles. The average molecular weight is 370 g/mol. The number of para-hydroxylation sites is 2. The lowest BCUT2D eigenvalue weighted by atomic mass is 10.2. The Morgan fingerprint density at radius 2 is 1.63 bits per heavy atom. The zero-order chi connectivity index (χ0) is 19.3. The molecule has 0 bridgehead atoms. The SMILES string of the molecule is CCCN(CCOCCOc1ccccc1)C(C)C(=O)Nc1ccccc1. The van der Waals surface area contributed by atoms with Gasteiger partial charge in [0.15, 0.2) is 0 Å². The molecule has 2 aromatic carbocycles. The number of rotatable bonds is 12. The molecule has 5 heteroatoms. The Balaban J connectivity index is 1.69. The van der Waals surface area contributed by atoms with E-state index in [9.17, 15) is 4.79 Å². The molecule has 1 N–H and O–H groups in total. The van der Waals surface area contributed by atoms with Crippen molar-refractivity contribution >= 4 is 11.6 Å². The van der Waals surface area contributed by atoms with Gasteiger partial charge in [0.2, 0.25) is 5.91 Å². The molecule has 146 valence electrons. The van der Waals surface area contributed by atoms with Crippen molar-refractivity contribution < 1.29 is 14.3 Å². The first-order chi connectivity index (χ1) is 13.2. The van der Waals surface area contributed by atoms with Gasteiger partial charge in [-0.2, -0.15) is 0 Å².